The summed E-state index contributed by atoms with van der Waals surface area (Å²) in [7, 11) is -3.44. The highest BCUT2D eigenvalue weighted by Gasteiger charge is 2.18. The van der Waals surface area contributed by atoms with Gasteiger partial charge in [0.1, 0.15) is 0 Å². The van der Waals surface area contributed by atoms with E-state index in [0.717, 1.165) is 83.1 Å². The van der Waals surface area contributed by atoms with Crippen LogP contribution in [-0.4, -0.2) is 32.0 Å². The summed E-state index contributed by atoms with van der Waals surface area (Å²) >= 11 is 0. The van der Waals surface area contributed by atoms with E-state index in [4.69, 9.17) is 4.74 Å². The average Bonchev–Trinajstić information content (AvgIpc) is 3.05. The van der Waals surface area contributed by atoms with Gasteiger partial charge in [0.2, 0.25) is 0 Å². The van der Waals surface area contributed by atoms with Gasteiger partial charge in [-0.1, -0.05) is 94.5 Å². The zero-order chi connectivity index (χ0) is 31.2. The maximum absolute atomic E-state index is 13.9. The van der Waals surface area contributed by atoms with Crippen LogP contribution >= 0.6 is 0 Å². The van der Waals surface area contributed by atoms with Gasteiger partial charge in [-0.2, -0.15) is 0 Å². The molecule has 0 saturated heterocycles. The van der Waals surface area contributed by atoms with Gasteiger partial charge < -0.3 is 9.30 Å². The van der Waals surface area contributed by atoms with Gasteiger partial charge in [-0.25, -0.2) is 8.42 Å². The van der Waals surface area contributed by atoms with E-state index in [9.17, 15) is 13.2 Å². The fourth-order valence-electron chi connectivity index (χ4n) is 6.06. The Labute approximate surface area is 265 Å². The van der Waals surface area contributed by atoms with Crippen LogP contribution in [0.15, 0.2) is 82.8 Å². The molecule has 1 aliphatic rings. The predicted octanol–water partition coefficient (Wildman–Crippen LogP) is 9.35. The van der Waals surface area contributed by atoms with Crippen molar-refractivity contribution in [2.24, 2.45) is 0 Å². The third-order valence-corrected chi connectivity index (χ3v) is 10.4. The molecule has 1 heterocycles. The number of hydrogen-bond acceptors (Lipinski definition) is 4. The largest absolute Gasteiger partial charge is 0.381 e. The lowest BCUT2D eigenvalue weighted by molar-refractivity contribution is 0.130. The third-order valence-electron chi connectivity index (χ3n) is 8.58. The number of benzene rings is 2. The number of nitrogens with zero attached hydrogens (tertiary/aromatic N) is 1. The lowest BCUT2D eigenvalue weighted by atomic mass is 9.87. The van der Waals surface area contributed by atoms with Crippen LogP contribution < -0.4 is 5.43 Å². The molecular formula is C38H51NO4S. The maximum atomic E-state index is 13.9. The monoisotopic (exact) mass is 617 g/mol. The number of pyridine rings is 1. The van der Waals surface area contributed by atoms with Crippen molar-refractivity contribution in [2.75, 3.05) is 19.0 Å². The smallest absolute Gasteiger partial charge is 0.197 e. The molecule has 2 aromatic carbocycles. The summed E-state index contributed by atoms with van der Waals surface area (Å²) in [5.74, 6) is 0.660. The molecule has 0 spiro atoms. The molecule has 0 aliphatic heterocycles. The van der Waals surface area contributed by atoms with Crippen molar-refractivity contribution in [2.45, 2.75) is 108 Å². The molecule has 4 rings (SSSR count). The summed E-state index contributed by atoms with van der Waals surface area (Å²) in [4.78, 5) is 14.2. The number of allylic oxidation sites excluding steroid dienone is 2. The molecule has 1 aliphatic carbocycles. The van der Waals surface area contributed by atoms with Crippen LogP contribution in [0.1, 0.15) is 102 Å². The Kier molecular flexibility index (Phi) is 13.5. The summed E-state index contributed by atoms with van der Waals surface area (Å²) in [6.45, 7) is 6.69. The SMILES string of the molecule is CCCOCCCCCCCCCS(=O)(=O)c1cccc(-c2cn(CCC)cc(-c3ccc(C4CC=CCC4)cc3)c2=O)c1. The fourth-order valence-corrected chi connectivity index (χ4v) is 7.47. The molecule has 44 heavy (non-hydrogen) atoms. The summed E-state index contributed by atoms with van der Waals surface area (Å²) < 4.78 is 34.1. The normalized spacial score (nSPS) is 15.1. The van der Waals surface area contributed by atoms with E-state index in [1.54, 1.807) is 18.2 Å². The topological polar surface area (TPSA) is 65.4 Å². The number of unbranched alkanes of at least 4 members (excludes halogenated alkanes) is 6. The van der Waals surface area contributed by atoms with E-state index < -0.39 is 9.84 Å². The highest BCUT2D eigenvalue weighted by Crippen LogP contribution is 2.31. The van der Waals surface area contributed by atoms with E-state index in [1.807, 2.05) is 18.5 Å². The Balaban J connectivity index is 1.43. The molecule has 0 N–H and O–H groups in total. The molecule has 6 heteroatoms. The van der Waals surface area contributed by atoms with Gasteiger partial charge >= 0.3 is 0 Å². The minimum Gasteiger partial charge on any atom is -0.381 e. The van der Waals surface area contributed by atoms with E-state index in [0.29, 0.717) is 33.9 Å². The zero-order valence-electron chi connectivity index (χ0n) is 26.8. The van der Waals surface area contributed by atoms with Crippen LogP contribution in [0, 0.1) is 0 Å². The minimum absolute atomic E-state index is 0.0721. The van der Waals surface area contributed by atoms with Crippen LogP contribution in [-0.2, 0) is 21.1 Å². The van der Waals surface area contributed by atoms with Gasteiger partial charge in [-0.3, -0.25) is 4.79 Å². The Morgan fingerprint density at radius 2 is 1.50 bits per heavy atom. The highest BCUT2D eigenvalue weighted by atomic mass is 32.2. The summed E-state index contributed by atoms with van der Waals surface area (Å²) in [5.41, 5.74) is 3.97. The van der Waals surface area contributed by atoms with Gasteiger partial charge in [-0.05, 0) is 79.7 Å². The molecule has 238 valence electrons. The molecule has 0 radical (unpaired) electrons. The van der Waals surface area contributed by atoms with Crippen molar-refractivity contribution in [3.63, 3.8) is 0 Å². The molecular weight excluding hydrogens is 566 g/mol. The van der Waals surface area contributed by atoms with Crippen LogP contribution in [0.5, 0.6) is 0 Å². The van der Waals surface area contributed by atoms with Gasteiger partial charge in [0.25, 0.3) is 0 Å². The predicted molar refractivity (Wildman–Crippen MR) is 183 cm³/mol. The van der Waals surface area contributed by atoms with Crippen molar-refractivity contribution < 1.29 is 13.2 Å². The zero-order valence-corrected chi connectivity index (χ0v) is 27.6. The Hall–Kier alpha value is -2.96. The van der Waals surface area contributed by atoms with Crippen LogP contribution in [0.2, 0.25) is 0 Å². The first-order chi connectivity index (χ1) is 21.4. The second-order valence-electron chi connectivity index (χ2n) is 12.2. The van der Waals surface area contributed by atoms with Crippen LogP contribution in [0.25, 0.3) is 22.3 Å². The molecule has 3 aromatic rings. The average molecular weight is 618 g/mol. The highest BCUT2D eigenvalue weighted by molar-refractivity contribution is 7.91. The van der Waals surface area contributed by atoms with E-state index >= 15 is 0 Å². The van der Waals surface area contributed by atoms with Crippen molar-refractivity contribution >= 4 is 9.84 Å². The second kappa shape index (κ2) is 17.5. The van der Waals surface area contributed by atoms with Crippen molar-refractivity contribution in [1.82, 2.24) is 4.57 Å². The fraction of sp³-hybridized carbons (Fsp3) is 0.500. The lowest BCUT2D eigenvalue weighted by Gasteiger charge is -2.18. The summed E-state index contributed by atoms with van der Waals surface area (Å²) in [6, 6.07) is 15.4. The summed E-state index contributed by atoms with van der Waals surface area (Å²) in [6.07, 6.45) is 20.8. The number of aromatic nitrogens is 1. The van der Waals surface area contributed by atoms with Gasteiger partial charge in [0.15, 0.2) is 15.3 Å². The maximum Gasteiger partial charge on any atom is 0.197 e. The first-order valence-electron chi connectivity index (χ1n) is 16.8. The summed E-state index contributed by atoms with van der Waals surface area (Å²) in [5, 5.41) is 0. The second-order valence-corrected chi connectivity index (χ2v) is 14.3. The minimum atomic E-state index is -3.44. The van der Waals surface area contributed by atoms with Crippen molar-refractivity contribution in [3.05, 3.63) is 88.9 Å². The lowest BCUT2D eigenvalue weighted by Crippen LogP contribution is -2.14. The van der Waals surface area contributed by atoms with Crippen molar-refractivity contribution in [1.29, 1.82) is 0 Å². The molecule has 1 unspecified atom stereocenters. The Bertz CT molecular complexity index is 1500. The van der Waals surface area contributed by atoms with Crippen molar-refractivity contribution in [3.8, 4) is 22.3 Å². The molecule has 5 nitrogen and oxygen atoms in total. The first-order valence-corrected chi connectivity index (χ1v) is 18.5. The van der Waals surface area contributed by atoms with Crippen LogP contribution in [0.3, 0.4) is 0 Å². The molecule has 1 atom stereocenters. The molecule has 0 saturated carbocycles. The number of sulfone groups is 1. The van der Waals surface area contributed by atoms with E-state index in [2.05, 4.69) is 54.8 Å². The number of ether oxygens (including phenoxy) is 1. The number of hydrogen-bond donors (Lipinski definition) is 0. The number of rotatable bonds is 18. The first kappa shape index (κ1) is 33.9. The van der Waals surface area contributed by atoms with Gasteiger partial charge in [0.05, 0.1) is 10.6 Å². The number of aryl methyl sites for hydroxylation is 1. The van der Waals surface area contributed by atoms with Gasteiger partial charge in [-0.15, -0.1) is 0 Å². The molecule has 1 aromatic heterocycles. The van der Waals surface area contributed by atoms with Gasteiger partial charge in [0, 0.05) is 43.3 Å². The Morgan fingerprint density at radius 1 is 0.795 bits per heavy atom. The molecule has 0 fully saturated rings. The third kappa shape index (κ3) is 9.77. The standard InChI is InChI=1S/C38H51NO4S/c1-3-24-39-29-36(33-22-20-32(21-23-33)31-16-11-10-12-17-31)38(40)37(30-39)34-18-15-19-35(28-34)44(41,42)27-14-9-7-5-6-8-13-26-43-25-4-2/h10-11,15,18-23,28-31H,3-9,12-14,16-17,24-27H2,1-2H3. The van der Waals surface area contributed by atoms with Crippen LogP contribution in [0.4, 0.5) is 0 Å². The Morgan fingerprint density at radius 3 is 2.18 bits per heavy atom. The van der Waals surface area contributed by atoms with E-state index in [1.165, 1.54) is 18.4 Å². The van der Waals surface area contributed by atoms with E-state index in [-0.39, 0.29) is 11.2 Å². The molecule has 0 amide bonds. The quantitative estimate of drug-likeness (QED) is 0.105. The molecule has 0 bridgehead atoms.